The minimum Gasteiger partial charge on any atom is -0.467 e. The number of nitrogens with zero attached hydrogens (tertiary/aromatic N) is 8. The van der Waals surface area contributed by atoms with Crippen molar-refractivity contribution in [2.24, 2.45) is 7.05 Å². The molecule has 2 amide bonds. The fourth-order valence-electron chi connectivity index (χ4n) is 5.72. The lowest BCUT2D eigenvalue weighted by Gasteiger charge is -2.36. The average molecular weight is 661 g/mol. The lowest BCUT2D eigenvalue weighted by atomic mass is 9.90. The number of hydrogen-bond acceptors (Lipinski definition) is 10. The van der Waals surface area contributed by atoms with Gasteiger partial charge in [-0.25, -0.2) is 19.7 Å². The summed E-state index contributed by atoms with van der Waals surface area (Å²) in [6.45, 7) is 6.57. The van der Waals surface area contributed by atoms with Crippen LogP contribution in [0.4, 0.5) is 16.6 Å². The number of anilines is 2. The van der Waals surface area contributed by atoms with Crippen LogP contribution in [0.25, 0.3) is 11.1 Å². The van der Waals surface area contributed by atoms with E-state index in [1.807, 2.05) is 76.5 Å². The predicted molar refractivity (Wildman–Crippen MR) is 184 cm³/mol. The van der Waals surface area contributed by atoms with Crippen LogP contribution in [0.2, 0.25) is 0 Å². The van der Waals surface area contributed by atoms with Crippen LogP contribution in [0.15, 0.2) is 77.9 Å². The van der Waals surface area contributed by atoms with Crippen molar-refractivity contribution in [1.82, 2.24) is 35.0 Å². The first-order valence-corrected chi connectivity index (χ1v) is 16.3. The van der Waals surface area contributed by atoms with E-state index in [9.17, 15) is 10.1 Å². The molecule has 1 aliphatic carbocycles. The fraction of sp³-hybridized carbons (Fsp3) is 0.361. The number of oxazole rings is 1. The highest BCUT2D eigenvalue weighted by molar-refractivity contribution is 5.91. The van der Waals surface area contributed by atoms with E-state index in [1.54, 1.807) is 28.2 Å². The summed E-state index contributed by atoms with van der Waals surface area (Å²) in [7, 11) is 1.87. The van der Waals surface area contributed by atoms with E-state index < -0.39 is 0 Å². The van der Waals surface area contributed by atoms with Crippen molar-refractivity contribution in [2.75, 3.05) is 10.2 Å². The molecule has 4 aromatic heterocycles. The van der Waals surface area contributed by atoms with Crippen molar-refractivity contribution in [3.05, 3.63) is 96.2 Å². The van der Waals surface area contributed by atoms with Crippen LogP contribution >= 0.6 is 0 Å². The number of aromatic nitrogens is 6. The van der Waals surface area contributed by atoms with Gasteiger partial charge in [-0.15, -0.1) is 0 Å². The highest BCUT2D eigenvalue weighted by Crippen LogP contribution is 2.30. The second-order valence-electron chi connectivity index (χ2n) is 13.2. The number of benzene rings is 1. The zero-order valence-electron chi connectivity index (χ0n) is 28.1. The number of pyridine rings is 1. The number of hydrogen-bond donors (Lipinski definition) is 2. The van der Waals surface area contributed by atoms with Gasteiger partial charge in [-0.2, -0.15) is 15.3 Å². The van der Waals surface area contributed by atoms with Gasteiger partial charge in [0.1, 0.15) is 23.2 Å². The van der Waals surface area contributed by atoms with Crippen molar-refractivity contribution >= 4 is 17.8 Å². The molecule has 0 spiro atoms. The summed E-state index contributed by atoms with van der Waals surface area (Å²) in [5, 5.41) is 20.4. The number of urea groups is 1. The second-order valence-corrected chi connectivity index (χ2v) is 13.2. The largest absolute Gasteiger partial charge is 0.467 e. The third-order valence-corrected chi connectivity index (χ3v) is 8.43. The van der Waals surface area contributed by atoms with Crippen molar-refractivity contribution in [1.29, 1.82) is 5.26 Å². The first-order chi connectivity index (χ1) is 23.7. The number of nitriles is 1. The Hall–Kier alpha value is -5.77. The first-order valence-electron chi connectivity index (χ1n) is 16.3. The maximum absolute atomic E-state index is 13.7. The Morgan fingerprint density at radius 3 is 2.47 bits per heavy atom. The van der Waals surface area contributed by atoms with Crippen LogP contribution in [0.1, 0.15) is 69.2 Å². The monoisotopic (exact) mass is 660 g/mol. The van der Waals surface area contributed by atoms with Gasteiger partial charge in [0.15, 0.2) is 6.61 Å². The van der Waals surface area contributed by atoms with Gasteiger partial charge in [0.05, 0.1) is 18.6 Å². The molecule has 6 rings (SSSR count). The van der Waals surface area contributed by atoms with E-state index in [-0.39, 0.29) is 41.6 Å². The van der Waals surface area contributed by atoms with Crippen LogP contribution in [-0.4, -0.2) is 47.8 Å². The van der Waals surface area contributed by atoms with Gasteiger partial charge in [0.2, 0.25) is 17.7 Å². The van der Waals surface area contributed by atoms with E-state index in [2.05, 4.69) is 36.8 Å². The Labute approximate surface area is 285 Å². The second kappa shape index (κ2) is 14.6. The molecule has 252 valence electrons. The summed E-state index contributed by atoms with van der Waals surface area (Å²) < 4.78 is 13.4. The molecule has 13 nitrogen and oxygen atoms in total. The van der Waals surface area contributed by atoms with Crippen molar-refractivity contribution in [2.45, 2.75) is 77.1 Å². The summed E-state index contributed by atoms with van der Waals surface area (Å²) in [4.78, 5) is 33.4. The molecular weight excluding hydrogens is 620 g/mol. The Morgan fingerprint density at radius 2 is 1.82 bits per heavy atom. The molecule has 2 N–H and O–H groups in total. The van der Waals surface area contributed by atoms with Gasteiger partial charge < -0.3 is 19.8 Å². The topological polar surface area (TPSA) is 160 Å². The van der Waals surface area contributed by atoms with Crippen LogP contribution in [-0.2, 0) is 25.6 Å². The standard InChI is InChI=1S/C36H40N10O3/c1-36(2,3)30-21-39-32(49-30)23-48-33-26(16-37)19-40-34(44-33)43-28-11-13-29(14-12-28)46(35(47)41-17-24-8-6-5-7-9-24)31-15-10-25(18-38-31)27-20-42-45(4)22-27/h5-10,15,18-22,28-29H,11-14,17,23H2,1-4H3,(H,41,47)(H,40,43,44)/t28-,29-. The Morgan fingerprint density at radius 1 is 1.02 bits per heavy atom. The minimum atomic E-state index is -0.195. The quantitative estimate of drug-likeness (QED) is 0.178. The summed E-state index contributed by atoms with van der Waals surface area (Å²) in [5.74, 6) is 2.26. The third-order valence-electron chi connectivity index (χ3n) is 8.43. The Balaban J connectivity index is 1.12. The van der Waals surface area contributed by atoms with E-state index in [0.717, 1.165) is 48.1 Å². The van der Waals surface area contributed by atoms with Crippen molar-refractivity contribution in [3.8, 4) is 23.1 Å². The van der Waals surface area contributed by atoms with E-state index in [1.165, 1.54) is 6.20 Å². The highest BCUT2D eigenvalue weighted by atomic mass is 16.5. The van der Waals surface area contributed by atoms with Crippen LogP contribution < -0.4 is 20.3 Å². The maximum atomic E-state index is 13.7. The molecule has 0 atom stereocenters. The number of aryl methyl sites for hydroxylation is 1. The summed E-state index contributed by atoms with van der Waals surface area (Å²) in [5.41, 5.74) is 2.94. The molecule has 1 aliphatic rings. The molecule has 1 fully saturated rings. The lowest BCUT2D eigenvalue weighted by Crippen LogP contribution is -2.49. The molecule has 1 aromatic carbocycles. The van der Waals surface area contributed by atoms with Crippen molar-refractivity contribution in [3.63, 3.8) is 0 Å². The van der Waals surface area contributed by atoms with E-state index >= 15 is 0 Å². The molecule has 0 radical (unpaired) electrons. The van der Waals surface area contributed by atoms with Crippen LogP contribution in [0, 0.1) is 11.3 Å². The molecule has 49 heavy (non-hydrogen) atoms. The molecule has 0 unspecified atom stereocenters. The summed E-state index contributed by atoms with van der Waals surface area (Å²) >= 11 is 0. The molecule has 1 saturated carbocycles. The Bertz CT molecular complexity index is 1900. The lowest BCUT2D eigenvalue weighted by molar-refractivity contribution is 0.240. The normalized spacial score (nSPS) is 16.1. The van der Waals surface area contributed by atoms with Gasteiger partial charge in [0, 0.05) is 54.6 Å². The minimum absolute atomic E-state index is 0.0335. The van der Waals surface area contributed by atoms with Crippen molar-refractivity contribution < 1.29 is 13.9 Å². The van der Waals surface area contributed by atoms with Gasteiger partial charge in [0.25, 0.3) is 0 Å². The van der Waals surface area contributed by atoms with Gasteiger partial charge in [-0.3, -0.25) is 9.58 Å². The van der Waals surface area contributed by atoms with Crippen LogP contribution in [0.3, 0.4) is 0 Å². The van der Waals surface area contributed by atoms with Gasteiger partial charge in [-0.1, -0.05) is 51.1 Å². The summed E-state index contributed by atoms with van der Waals surface area (Å²) in [6.07, 6.45) is 11.7. The van der Waals surface area contributed by atoms with E-state index in [4.69, 9.17) is 14.1 Å². The number of ether oxygens (including phenoxy) is 1. The molecule has 0 aliphatic heterocycles. The third kappa shape index (κ3) is 8.21. The fourth-order valence-corrected chi connectivity index (χ4v) is 5.72. The predicted octanol–water partition coefficient (Wildman–Crippen LogP) is 6.15. The number of rotatable bonds is 10. The highest BCUT2D eigenvalue weighted by Gasteiger charge is 2.31. The zero-order valence-corrected chi connectivity index (χ0v) is 28.1. The molecule has 13 heteroatoms. The van der Waals surface area contributed by atoms with Crippen LogP contribution in [0.5, 0.6) is 5.88 Å². The molecule has 0 saturated heterocycles. The first kappa shape index (κ1) is 33.1. The molecule has 0 bridgehead atoms. The average Bonchev–Trinajstić information content (AvgIpc) is 3.78. The molecule has 4 heterocycles. The van der Waals surface area contributed by atoms with Gasteiger partial charge >= 0.3 is 6.03 Å². The van der Waals surface area contributed by atoms with E-state index in [0.29, 0.717) is 24.2 Å². The number of carbonyl (C=O) groups excluding carboxylic acids is 1. The van der Waals surface area contributed by atoms with Gasteiger partial charge in [-0.05, 0) is 43.4 Å². The SMILES string of the molecule is Cn1cc(-c2ccc(N(C(=O)NCc3ccccc3)[C@H]3CC[C@H](Nc4ncc(C#N)c(OCc5ncc(C(C)(C)C)o5)n4)CC3)nc2)cn1. The maximum Gasteiger partial charge on any atom is 0.323 e. The zero-order chi connectivity index (χ0) is 34.4. The summed E-state index contributed by atoms with van der Waals surface area (Å²) in [6, 6.07) is 15.6. The smallest absolute Gasteiger partial charge is 0.323 e. The number of nitrogens with one attached hydrogen (secondary N) is 2. The molecular formula is C36H40N10O3. The number of amides is 2. The molecule has 5 aromatic rings. The Kier molecular flexibility index (Phi) is 9.84. The number of carbonyl (C=O) groups is 1.